The summed E-state index contributed by atoms with van der Waals surface area (Å²) in [6.45, 7) is 8.11. The van der Waals surface area contributed by atoms with E-state index >= 15 is 0 Å². The Balaban J connectivity index is 3.66. The maximum Gasteiger partial charge on any atom is 0.220 e. The van der Waals surface area contributed by atoms with Gasteiger partial charge in [-0.1, -0.05) is 6.92 Å². The van der Waals surface area contributed by atoms with Crippen molar-refractivity contribution in [1.29, 1.82) is 0 Å². The predicted octanol–water partition coefficient (Wildman–Crippen LogP) is 1.81. The van der Waals surface area contributed by atoms with Crippen LogP contribution in [-0.4, -0.2) is 17.5 Å². The molecule has 84 valence electrons. The molecule has 0 heterocycles. The molecule has 1 atom stereocenters. The number of hydrogen-bond acceptors (Lipinski definition) is 2. The molecule has 0 aliphatic carbocycles. The Kier molecular flexibility index (Phi) is 5.77. The largest absolute Gasteiger partial charge is 0.351 e. The molecule has 0 spiro atoms. The third-order valence-corrected chi connectivity index (χ3v) is 2.42. The van der Waals surface area contributed by atoms with Gasteiger partial charge in [0.15, 0.2) is 0 Å². The SMILES string of the molecule is CCC(C)(C)NC(=O)CCCC(C)N. The first-order valence-electron chi connectivity index (χ1n) is 5.44. The quantitative estimate of drug-likeness (QED) is 0.687. The molecule has 14 heavy (non-hydrogen) atoms. The van der Waals surface area contributed by atoms with E-state index in [9.17, 15) is 4.79 Å². The molecule has 0 fully saturated rings. The van der Waals surface area contributed by atoms with Gasteiger partial charge in [-0.05, 0) is 40.0 Å². The van der Waals surface area contributed by atoms with Crippen LogP contribution in [0.1, 0.15) is 53.4 Å². The minimum absolute atomic E-state index is 0.0780. The van der Waals surface area contributed by atoms with Crippen molar-refractivity contribution in [1.82, 2.24) is 5.32 Å². The van der Waals surface area contributed by atoms with Gasteiger partial charge in [0.1, 0.15) is 0 Å². The van der Waals surface area contributed by atoms with Gasteiger partial charge in [0, 0.05) is 18.0 Å². The number of carbonyl (C=O) groups is 1. The number of hydrogen-bond donors (Lipinski definition) is 2. The van der Waals surface area contributed by atoms with E-state index < -0.39 is 0 Å². The molecule has 0 saturated carbocycles. The Morgan fingerprint density at radius 3 is 2.50 bits per heavy atom. The first kappa shape index (κ1) is 13.4. The normalized spacial score (nSPS) is 13.8. The summed E-state index contributed by atoms with van der Waals surface area (Å²) in [6.07, 6.45) is 3.33. The van der Waals surface area contributed by atoms with E-state index in [-0.39, 0.29) is 17.5 Å². The van der Waals surface area contributed by atoms with Crippen LogP contribution in [0, 0.1) is 0 Å². The molecule has 0 saturated heterocycles. The van der Waals surface area contributed by atoms with Crippen LogP contribution in [0.15, 0.2) is 0 Å². The van der Waals surface area contributed by atoms with Gasteiger partial charge in [0.25, 0.3) is 0 Å². The van der Waals surface area contributed by atoms with Crippen molar-refractivity contribution >= 4 is 5.91 Å². The lowest BCUT2D eigenvalue weighted by Crippen LogP contribution is -2.42. The summed E-state index contributed by atoms with van der Waals surface area (Å²) < 4.78 is 0. The molecule has 0 aromatic rings. The van der Waals surface area contributed by atoms with E-state index in [4.69, 9.17) is 5.73 Å². The lowest BCUT2D eigenvalue weighted by molar-refractivity contribution is -0.122. The maximum atomic E-state index is 11.4. The van der Waals surface area contributed by atoms with Crippen molar-refractivity contribution in [3.63, 3.8) is 0 Å². The monoisotopic (exact) mass is 200 g/mol. The lowest BCUT2D eigenvalue weighted by atomic mass is 10.0. The molecule has 3 nitrogen and oxygen atoms in total. The van der Waals surface area contributed by atoms with E-state index in [1.54, 1.807) is 0 Å². The first-order valence-corrected chi connectivity index (χ1v) is 5.44. The van der Waals surface area contributed by atoms with Crippen molar-refractivity contribution in [2.24, 2.45) is 5.73 Å². The van der Waals surface area contributed by atoms with Crippen LogP contribution in [0.3, 0.4) is 0 Å². The molecular weight excluding hydrogens is 176 g/mol. The highest BCUT2D eigenvalue weighted by atomic mass is 16.1. The third kappa shape index (κ3) is 6.89. The van der Waals surface area contributed by atoms with Crippen molar-refractivity contribution in [2.75, 3.05) is 0 Å². The number of rotatable bonds is 6. The number of nitrogens with two attached hydrogens (primary N) is 1. The van der Waals surface area contributed by atoms with E-state index in [0.717, 1.165) is 19.3 Å². The fourth-order valence-electron chi connectivity index (χ4n) is 1.11. The molecule has 0 aliphatic rings. The van der Waals surface area contributed by atoms with Crippen molar-refractivity contribution in [3.05, 3.63) is 0 Å². The molecule has 0 bridgehead atoms. The summed E-state index contributed by atoms with van der Waals surface area (Å²) >= 11 is 0. The lowest BCUT2D eigenvalue weighted by Gasteiger charge is -2.24. The minimum atomic E-state index is -0.0780. The Hall–Kier alpha value is -0.570. The summed E-state index contributed by atoms with van der Waals surface area (Å²) in [7, 11) is 0. The molecule has 0 aromatic heterocycles. The van der Waals surface area contributed by atoms with Gasteiger partial charge in [-0.25, -0.2) is 0 Å². The van der Waals surface area contributed by atoms with Gasteiger partial charge in [0.2, 0.25) is 5.91 Å². The Labute approximate surface area is 87.4 Å². The van der Waals surface area contributed by atoms with Gasteiger partial charge < -0.3 is 11.1 Å². The summed E-state index contributed by atoms with van der Waals surface area (Å²) in [6, 6.07) is 0.196. The smallest absolute Gasteiger partial charge is 0.220 e. The van der Waals surface area contributed by atoms with Crippen molar-refractivity contribution in [3.8, 4) is 0 Å². The molecule has 3 N–H and O–H groups in total. The fourth-order valence-corrected chi connectivity index (χ4v) is 1.11. The van der Waals surface area contributed by atoms with E-state index in [1.807, 2.05) is 20.8 Å². The fraction of sp³-hybridized carbons (Fsp3) is 0.909. The second-order valence-electron chi connectivity index (χ2n) is 4.66. The molecule has 3 heteroatoms. The minimum Gasteiger partial charge on any atom is -0.351 e. The van der Waals surface area contributed by atoms with Crippen LogP contribution in [0.5, 0.6) is 0 Å². The van der Waals surface area contributed by atoms with Gasteiger partial charge in [-0.2, -0.15) is 0 Å². The third-order valence-electron chi connectivity index (χ3n) is 2.42. The Morgan fingerprint density at radius 1 is 1.50 bits per heavy atom. The Bertz CT molecular complexity index is 176. The Morgan fingerprint density at radius 2 is 2.07 bits per heavy atom. The van der Waals surface area contributed by atoms with Crippen LogP contribution in [-0.2, 0) is 4.79 Å². The predicted molar refractivity (Wildman–Crippen MR) is 60.0 cm³/mol. The topological polar surface area (TPSA) is 55.1 Å². The van der Waals surface area contributed by atoms with Gasteiger partial charge in [-0.3, -0.25) is 4.79 Å². The highest BCUT2D eigenvalue weighted by molar-refractivity contribution is 5.76. The van der Waals surface area contributed by atoms with Crippen LogP contribution in [0.4, 0.5) is 0 Å². The molecular formula is C11H24N2O. The van der Waals surface area contributed by atoms with Gasteiger partial charge in [0.05, 0.1) is 0 Å². The second kappa shape index (κ2) is 6.02. The number of amides is 1. The summed E-state index contributed by atoms with van der Waals surface area (Å²) in [5.74, 6) is 0.137. The van der Waals surface area contributed by atoms with E-state index in [2.05, 4.69) is 12.2 Å². The molecule has 1 amide bonds. The van der Waals surface area contributed by atoms with E-state index in [0.29, 0.717) is 6.42 Å². The molecule has 0 radical (unpaired) electrons. The zero-order valence-electron chi connectivity index (χ0n) is 9.89. The van der Waals surface area contributed by atoms with E-state index in [1.165, 1.54) is 0 Å². The van der Waals surface area contributed by atoms with Gasteiger partial charge >= 0.3 is 0 Å². The van der Waals surface area contributed by atoms with Crippen LogP contribution in [0.25, 0.3) is 0 Å². The van der Waals surface area contributed by atoms with Crippen molar-refractivity contribution in [2.45, 2.75) is 65.0 Å². The first-order chi connectivity index (χ1) is 6.37. The highest BCUT2D eigenvalue weighted by Gasteiger charge is 2.17. The molecule has 0 aliphatic heterocycles. The molecule has 0 rings (SSSR count). The number of carbonyl (C=O) groups excluding carboxylic acids is 1. The van der Waals surface area contributed by atoms with Crippen molar-refractivity contribution < 1.29 is 4.79 Å². The van der Waals surface area contributed by atoms with Crippen LogP contribution >= 0.6 is 0 Å². The standard InChI is InChI=1S/C11H24N2O/c1-5-11(3,4)13-10(14)8-6-7-9(2)12/h9H,5-8,12H2,1-4H3,(H,13,14). The zero-order chi connectivity index (χ0) is 11.2. The average molecular weight is 200 g/mol. The summed E-state index contributed by atoms with van der Waals surface area (Å²) in [5.41, 5.74) is 5.52. The zero-order valence-corrected chi connectivity index (χ0v) is 9.89. The summed E-state index contributed by atoms with van der Waals surface area (Å²) in [5, 5.41) is 3.00. The highest BCUT2D eigenvalue weighted by Crippen LogP contribution is 2.08. The number of nitrogens with one attached hydrogen (secondary N) is 1. The molecule has 1 unspecified atom stereocenters. The van der Waals surface area contributed by atoms with Crippen LogP contribution in [0.2, 0.25) is 0 Å². The molecule has 0 aromatic carbocycles. The summed E-state index contributed by atoms with van der Waals surface area (Å²) in [4.78, 5) is 11.4. The second-order valence-corrected chi connectivity index (χ2v) is 4.66. The maximum absolute atomic E-state index is 11.4. The van der Waals surface area contributed by atoms with Crippen LogP contribution < -0.4 is 11.1 Å². The van der Waals surface area contributed by atoms with Gasteiger partial charge in [-0.15, -0.1) is 0 Å². The average Bonchev–Trinajstić information content (AvgIpc) is 2.02.